The number of pyridine rings is 1. The summed E-state index contributed by atoms with van der Waals surface area (Å²) in [7, 11) is 0. The van der Waals surface area contributed by atoms with Gasteiger partial charge in [0.25, 0.3) is 11.6 Å². The Kier molecular flexibility index (Phi) is 5.31. The molecule has 4 rings (SSSR count). The van der Waals surface area contributed by atoms with Gasteiger partial charge in [-0.25, -0.2) is 4.98 Å². The van der Waals surface area contributed by atoms with Crippen LogP contribution in [0.15, 0.2) is 54.7 Å². The second-order valence-corrected chi connectivity index (χ2v) is 7.48. The molecule has 0 atom stereocenters. The third-order valence-corrected chi connectivity index (χ3v) is 5.39. The molecule has 0 aliphatic carbocycles. The Balaban J connectivity index is 1.42. The van der Waals surface area contributed by atoms with Crippen molar-refractivity contribution in [1.82, 2.24) is 10.3 Å². The van der Waals surface area contributed by atoms with E-state index >= 15 is 0 Å². The van der Waals surface area contributed by atoms with Gasteiger partial charge in [-0.05, 0) is 48.6 Å². The normalized spacial score (nSPS) is 14.7. The molecule has 1 amide bonds. The molecule has 148 valence electrons. The highest BCUT2D eigenvalue weighted by Crippen LogP contribution is 2.28. The van der Waals surface area contributed by atoms with Gasteiger partial charge < -0.3 is 10.2 Å². The lowest BCUT2D eigenvalue weighted by molar-refractivity contribution is -0.384. The molecule has 1 aliphatic rings. The molecule has 8 heteroatoms. The lowest BCUT2D eigenvalue weighted by Crippen LogP contribution is -2.45. The Labute approximate surface area is 172 Å². The van der Waals surface area contributed by atoms with E-state index in [0.717, 1.165) is 42.5 Å². The number of hydrogen-bond acceptors (Lipinski definition) is 5. The van der Waals surface area contributed by atoms with E-state index in [4.69, 9.17) is 11.6 Å². The van der Waals surface area contributed by atoms with Crippen molar-refractivity contribution in [2.45, 2.75) is 18.9 Å². The number of carbonyl (C=O) groups excluding carboxylic acids is 1. The number of nitro benzene ring substituents is 1. The highest BCUT2D eigenvalue weighted by atomic mass is 35.5. The zero-order valence-electron chi connectivity index (χ0n) is 15.5. The van der Waals surface area contributed by atoms with E-state index in [1.807, 2.05) is 24.3 Å². The molecule has 3 aromatic rings. The third kappa shape index (κ3) is 4.14. The molecule has 2 aromatic carbocycles. The fraction of sp³-hybridized carbons (Fsp3) is 0.238. The monoisotopic (exact) mass is 410 g/mol. The summed E-state index contributed by atoms with van der Waals surface area (Å²) in [6.07, 6.45) is 3.32. The van der Waals surface area contributed by atoms with Gasteiger partial charge in [0, 0.05) is 53.4 Å². The highest BCUT2D eigenvalue weighted by Gasteiger charge is 2.23. The average Bonchev–Trinajstić information content (AvgIpc) is 2.73. The van der Waals surface area contributed by atoms with E-state index in [9.17, 15) is 14.9 Å². The van der Waals surface area contributed by atoms with Crippen LogP contribution in [-0.2, 0) is 0 Å². The highest BCUT2D eigenvalue weighted by molar-refractivity contribution is 6.31. The first-order chi connectivity index (χ1) is 14.0. The number of nitrogens with one attached hydrogen (secondary N) is 1. The van der Waals surface area contributed by atoms with Crippen molar-refractivity contribution in [3.05, 3.63) is 75.4 Å². The van der Waals surface area contributed by atoms with Crippen LogP contribution >= 0.6 is 11.6 Å². The largest absolute Gasteiger partial charge is 0.356 e. The first kappa shape index (κ1) is 19.1. The fourth-order valence-corrected chi connectivity index (χ4v) is 3.83. The Morgan fingerprint density at radius 3 is 2.72 bits per heavy atom. The van der Waals surface area contributed by atoms with Crippen LogP contribution in [0.25, 0.3) is 10.8 Å². The number of amides is 1. The molecule has 1 aromatic heterocycles. The number of nitro groups is 1. The summed E-state index contributed by atoms with van der Waals surface area (Å²) < 4.78 is 0. The number of non-ortho nitro benzene ring substituents is 1. The van der Waals surface area contributed by atoms with Crippen LogP contribution in [0.1, 0.15) is 23.2 Å². The van der Waals surface area contributed by atoms with Gasteiger partial charge in [0.1, 0.15) is 5.82 Å². The van der Waals surface area contributed by atoms with Crippen molar-refractivity contribution >= 4 is 39.8 Å². The molecule has 7 nitrogen and oxygen atoms in total. The third-order valence-electron chi connectivity index (χ3n) is 5.15. The lowest BCUT2D eigenvalue weighted by Gasteiger charge is -2.33. The van der Waals surface area contributed by atoms with Crippen molar-refractivity contribution in [2.75, 3.05) is 18.0 Å². The summed E-state index contributed by atoms with van der Waals surface area (Å²) in [5.41, 5.74) is 0.212. The van der Waals surface area contributed by atoms with Gasteiger partial charge >= 0.3 is 0 Å². The first-order valence-corrected chi connectivity index (χ1v) is 9.73. The molecule has 0 bridgehead atoms. The number of carbonyl (C=O) groups is 1. The van der Waals surface area contributed by atoms with Crippen LogP contribution in [0.5, 0.6) is 0 Å². The Morgan fingerprint density at radius 1 is 1.17 bits per heavy atom. The van der Waals surface area contributed by atoms with E-state index in [0.29, 0.717) is 10.6 Å². The predicted octanol–water partition coefficient (Wildman–Crippen LogP) is 4.20. The van der Waals surface area contributed by atoms with Gasteiger partial charge in [-0.1, -0.05) is 17.7 Å². The summed E-state index contributed by atoms with van der Waals surface area (Å²) in [4.78, 5) is 29.6. The number of benzene rings is 2. The fourth-order valence-electron chi connectivity index (χ4n) is 3.65. The molecule has 29 heavy (non-hydrogen) atoms. The van der Waals surface area contributed by atoms with Crippen LogP contribution in [0.3, 0.4) is 0 Å². The maximum absolute atomic E-state index is 12.5. The predicted molar refractivity (Wildman–Crippen MR) is 113 cm³/mol. The molecule has 1 aliphatic heterocycles. The molecule has 0 spiro atoms. The summed E-state index contributed by atoms with van der Waals surface area (Å²) >= 11 is 6.09. The smallest absolute Gasteiger partial charge is 0.270 e. The number of hydrogen-bond donors (Lipinski definition) is 1. The number of rotatable bonds is 4. The van der Waals surface area contributed by atoms with E-state index in [1.54, 1.807) is 12.3 Å². The Morgan fingerprint density at radius 2 is 1.97 bits per heavy atom. The SMILES string of the molecule is O=C(NC1CCN(c2nccc3cc(Cl)ccc23)CC1)c1cccc([N+](=O)[O-])c1. The summed E-state index contributed by atoms with van der Waals surface area (Å²) in [5, 5.41) is 16.7. The quantitative estimate of drug-likeness (QED) is 0.514. The average molecular weight is 411 g/mol. The number of halogens is 1. The van der Waals surface area contributed by atoms with Gasteiger partial charge in [0.15, 0.2) is 0 Å². The van der Waals surface area contributed by atoms with Crippen LogP contribution in [0, 0.1) is 10.1 Å². The number of fused-ring (bicyclic) bond motifs is 1. The molecule has 1 saturated heterocycles. The van der Waals surface area contributed by atoms with Crippen molar-refractivity contribution in [3.63, 3.8) is 0 Å². The van der Waals surface area contributed by atoms with E-state index in [1.165, 1.54) is 18.2 Å². The van der Waals surface area contributed by atoms with Crippen molar-refractivity contribution in [2.24, 2.45) is 0 Å². The summed E-state index contributed by atoms with van der Waals surface area (Å²) in [6, 6.07) is 13.5. The Bertz CT molecular complexity index is 1080. The first-order valence-electron chi connectivity index (χ1n) is 9.36. The Hall–Kier alpha value is -3.19. The second-order valence-electron chi connectivity index (χ2n) is 7.04. The molecule has 0 saturated carbocycles. The minimum absolute atomic E-state index is 0.0161. The van der Waals surface area contributed by atoms with Gasteiger partial charge in [-0.2, -0.15) is 0 Å². The van der Waals surface area contributed by atoms with Gasteiger partial charge in [-0.3, -0.25) is 14.9 Å². The molecule has 0 unspecified atom stereocenters. The zero-order chi connectivity index (χ0) is 20.4. The van der Waals surface area contributed by atoms with Gasteiger partial charge in [-0.15, -0.1) is 0 Å². The molecule has 2 heterocycles. The number of piperidine rings is 1. The molecule has 0 radical (unpaired) electrons. The molecular weight excluding hydrogens is 392 g/mol. The van der Waals surface area contributed by atoms with Crippen LogP contribution < -0.4 is 10.2 Å². The standard InChI is InChI=1S/C21H19ClN4O3/c22-16-4-5-19-14(12-16)6-9-23-20(19)25-10-7-17(8-11-25)24-21(27)15-2-1-3-18(13-15)26(28)29/h1-6,9,12-13,17H,7-8,10-11H2,(H,24,27). The van der Waals surface area contributed by atoms with Crippen LogP contribution in [0.2, 0.25) is 5.02 Å². The topological polar surface area (TPSA) is 88.4 Å². The number of aromatic nitrogens is 1. The minimum atomic E-state index is -0.500. The second kappa shape index (κ2) is 8.05. The van der Waals surface area contributed by atoms with Gasteiger partial charge in [0.05, 0.1) is 4.92 Å². The lowest BCUT2D eigenvalue weighted by atomic mass is 10.0. The van der Waals surface area contributed by atoms with E-state index < -0.39 is 4.92 Å². The summed E-state index contributed by atoms with van der Waals surface area (Å²) in [5.74, 6) is 0.632. The number of anilines is 1. The molecular formula is C21H19ClN4O3. The van der Waals surface area contributed by atoms with Crippen LogP contribution in [0.4, 0.5) is 11.5 Å². The van der Waals surface area contributed by atoms with Crippen molar-refractivity contribution < 1.29 is 9.72 Å². The van der Waals surface area contributed by atoms with Crippen LogP contribution in [-0.4, -0.2) is 34.9 Å². The maximum Gasteiger partial charge on any atom is 0.270 e. The maximum atomic E-state index is 12.5. The van der Waals surface area contributed by atoms with Crippen molar-refractivity contribution in [3.8, 4) is 0 Å². The minimum Gasteiger partial charge on any atom is -0.356 e. The summed E-state index contributed by atoms with van der Waals surface area (Å²) in [6.45, 7) is 1.52. The van der Waals surface area contributed by atoms with E-state index in [-0.39, 0.29) is 17.6 Å². The molecule has 1 N–H and O–H groups in total. The van der Waals surface area contributed by atoms with Crippen molar-refractivity contribution in [1.29, 1.82) is 0 Å². The van der Waals surface area contributed by atoms with E-state index in [2.05, 4.69) is 15.2 Å². The molecule has 1 fully saturated rings. The zero-order valence-corrected chi connectivity index (χ0v) is 16.3. The number of nitrogens with zero attached hydrogens (tertiary/aromatic N) is 3. The van der Waals surface area contributed by atoms with Gasteiger partial charge in [0.2, 0.25) is 0 Å².